The van der Waals surface area contributed by atoms with E-state index in [2.05, 4.69) is 25.5 Å². The van der Waals surface area contributed by atoms with Crippen LogP contribution in [0, 0.1) is 6.92 Å². The number of imidazole rings is 1. The molecule has 0 aliphatic rings. The first kappa shape index (κ1) is 12.8. The number of aliphatic carboxylic acids is 1. The number of aromatic amines is 2. The highest BCUT2D eigenvalue weighted by molar-refractivity contribution is 5.97. The van der Waals surface area contributed by atoms with Crippen molar-refractivity contribution in [1.82, 2.24) is 25.5 Å². The van der Waals surface area contributed by atoms with Crippen LogP contribution in [0.3, 0.4) is 0 Å². The number of rotatable bonds is 5. The van der Waals surface area contributed by atoms with Crippen LogP contribution in [0.15, 0.2) is 18.7 Å². The summed E-state index contributed by atoms with van der Waals surface area (Å²) in [6, 6.07) is -1.03. The van der Waals surface area contributed by atoms with Crippen molar-refractivity contribution in [3.63, 3.8) is 0 Å². The van der Waals surface area contributed by atoms with Crippen LogP contribution in [0.25, 0.3) is 0 Å². The lowest BCUT2D eigenvalue weighted by atomic mass is 10.1. The third-order valence-electron chi connectivity index (χ3n) is 2.66. The molecule has 100 valence electrons. The zero-order chi connectivity index (χ0) is 13.8. The number of carbonyl (C=O) groups is 2. The van der Waals surface area contributed by atoms with Crippen LogP contribution in [-0.4, -0.2) is 43.2 Å². The molecule has 0 unspecified atom stereocenters. The lowest BCUT2D eigenvalue weighted by molar-refractivity contribution is -0.139. The van der Waals surface area contributed by atoms with E-state index in [1.54, 1.807) is 6.92 Å². The number of carboxylic acids is 1. The van der Waals surface area contributed by atoms with Gasteiger partial charge in [-0.3, -0.25) is 9.89 Å². The van der Waals surface area contributed by atoms with Gasteiger partial charge in [0.15, 0.2) is 0 Å². The number of hydrogen-bond donors (Lipinski definition) is 4. The lowest BCUT2D eigenvalue weighted by Crippen LogP contribution is -2.42. The number of nitrogens with zero attached hydrogens (tertiary/aromatic N) is 2. The Hall–Kier alpha value is -2.64. The van der Waals surface area contributed by atoms with E-state index in [1.165, 1.54) is 18.7 Å². The summed E-state index contributed by atoms with van der Waals surface area (Å²) in [6.45, 7) is 1.69. The molecule has 0 spiro atoms. The van der Waals surface area contributed by atoms with Gasteiger partial charge in [0.25, 0.3) is 5.91 Å². The van der Waals surface area contributed by atoms with Gasteiger partial charge in [0.1, 0.15) is 6.04 Å². The van der Waals surface area contributed by atoms with E-state index in [4.69, 9.17) is 5.11 Å². The van der Waals surface area contributed by atoms with Crippen LogP contribution in [0.2, 0.25) is 0 Å². The number of carboxylic acid groups (broad SMARTS) is 1. The maximum atomic E-state index is 11.9. The van der Waals surface area contributed by atoms with Gasteiger partial charge >= 0.3 is 5.97 Å². The topological polar surface area (TPSA) is 124 Å². The zero-order valence-electron chi connectivity index (χ0n) is 10.2. The Kier molecular flexibility index (Phi) is 3.60. The second-order valence-electron chi connectivity index (χ2n) is 4.05. The summed E-state index contributed by atoms with van der Waals surface area (Å²) < 4.78 is 0. The van der Waals surface area contributed by atoms with E-state index >= 15 is 0 Å². The molecule has 19 heavy (non-hydrogen) atoms. The minimum atomic E-state index is -1.11. The second-order valence-corrected chi connectivity index (χ2v) is 4.05. The van der Waals surface area contributed by atoms with Crippen molar-refractivity contribution in [3.8, 4) is 0 Å². The van der Waals surface area contributed by atoms with Gasteiger partial charge in [-0.25, -0.2) is 9.78 Å². The van der Waals surface area contributed by atoms with Crippen LogP contribution in [0.4, 0.5) is 0 Å². The molecule has 0 aromatic carbocycles. The van der Waals surface area contributed by atoms with E-state index in [9.17, 15) is 9.59 Å². The number of hydrogen-bond acceptors (Lipinski definition) is 4. The van der Waals surface area contributed by atoms with Gasteiger partial charge in [-0.1, -0.05) is 0 Å². The van der Waals surface area contributed by atoms with E-state index in [-0.39, 0.29) is 6.42 Å². The van der Waals surface area contributed by atoms with Crippen molar-refractivity contribution in [3.05, 3.63) is 35.7 Å². The van der Waals surface area contributed by atoms with Crippen molar-refractivity contribution >= 4 is 11.9 Å². The second kappa shape index (κ2) is 5.34. The molecule has 0 fully saturated rings. The monoisotopic (exact) mass is 263 g/mol. The van der Waals surface area contributed by atoms with Gasteiger partial charge in [-0.05, 0) is 6.92 Å². The maximum absolute atomic E-state index is 11.9. The van der Waals surface area contributed by atoms with Crippen LogP contribution in [-0.2, 0) is 11.2 Å². The third kappa shape index (κ3) is 2.97. The molecule has 2 aromatic heterocycles. The standard InChI is InChI=1S/C11H13N5O3/c1-6-8(4-14-16-6)10(17)15-9(11(18)19)2-7-3-12-5-13-7/h3-5,9H,2H2,1H3,(H,12,13)(H,14,16)(H,15,17)(H,18,19)/t9-/m0/s1. The quantitative estimate of drug-likeness (QED) is 0.598. The highest BCUT2D eigenvalue weighted by atomic mass is 16.4. The molecule has 2 rings (SSSR count). The Morgan fingerprint density at radius 1 is 1.47 bits per heavy atom. The number of aromatic nitrogens is 4. The minimum Gasteiger partial charge on any atom is -0.480 e. The molecular formula is C11H13N5O3. The third-order valence-corrected chi connectivity index (χ3v) is 2.66. The van der Waals surface area contributed by atoms with Gasteiger partial charge in [-0.2, -0.15) is 5.10 Å². The SMILES string of the molecule is Cc1[nH]ncc1C(=O)N[C@@H](Cc1cnc[nH]1)C(=O)O. The van der Waals surface area contributed by atoms with Crippen LogP contribution < -0.4 is 5.32 Å². The van der Waals surface area contributed by atoms with Crippen LogP contribution in [0.5, 0.6) is 0 Å². The van der Waals surface area contributed by atoms with E-state index in [0.29, 0.717) is 17.0 Å². The molecule has 0 aliphatic carbocycles. The molecule has 2 heterocycles. The smallest absolute Gasteiger partial charge is 0.326 e. The van der Waals surface area contributed by atoms with Gasteiger partial charge in [0.2, 0.25) is 0 Å². The van der Waals surface area contributed by atoms with Crippen molar-refractivity contribution in [2.45, 2.75) is 19.4 Å². The molecule has 2 aromatic rings. The van der Waals surface area contributed by atoms with Gasteiger partial charge in [-0.15, -0.1) is 0 Å². The first-order valence-corrected chi connectivity index (χ1v) is 5.59. The molecule has 0 radical (unpaired) electrons. The number of H-pyrrole nitrogens is 2. The summed E-state index contributed by atoms with van der Waals surface area (Å²) >= 11 is 0. The Morgan fingerprint density at radius 2 is 2.26 bits per heavy atom. The van der Waals surface area contributed by atoms with Crippen molar-refractivity contribution in [2.75, 3.05) is 0 Å². The number of nitrogens with one attached hydrogen (secondary N) is 3. The molecule has 1 atom stereocenters. The van der Waals surface area contributed by atoms with Crippen molar-refractivity contribution in [2.24, 2.45) is 0 Å². The van der Waals surface area contributed by atoms with E-state index < -0.39 is 17.9 Å². The molecule has 0 bridgehead atoms. The Balaban J connectivity index is 2.07. The summed E-state index contributed by atoms with van der Waals surface area (Å²) in [4.78, 5) is 29.7. The average molecular weight is 263 g/mol. The molecule has 8 heteroatoms. The average Bonchev–Trinajstić information content (AvgIpc) is 2.99. The molecule has 0 saturated carbocycles. The van der Waals surface area contributed by atoms with Gasteiger partial charge in [0.05, 0.1) is 18.1 Å². The number of carbonyl (C=O) groups excluding carboxylic acids is 1. The van der Waals surface area contributed by atoms with Crippen molar-refractivity contribution in [1.29, 1.82) is 0 Å². The predicted molar refractivity (Wildman–Crippen MR) is 64.5 cm³/mol. The molecule has 8 nitrogen and oxygen atoms in total. The Labute approximate surface area is 108 Å². The minimum absolute atomic E-state index is 0.137. The fraction of sp³-hybridized carbons (Fsp3) is 0.273. The highest BCUT2D eigenvalue weighted by Gasteiger charge is 2.22. The summed E-state index contributed by atoms with van der Waals surface area (Å²) in [7, 11) is 0. The zero-order valence-corrected chi connectivity index (χ0v) is 10.2. The maximum Gasteiger partial charge on any atom is 0.326 e. The number of aryl methyl sites for hydroxylation is 1. The first-order valence-electron chi connectivity index (χ1n) is 5.59. The predicted octanol–water partition coefficient (Wildman–Crippen LogP) is -0.133. The summed E-state index contributed by atoms with van der Waals surface area (Å²) in [5.41, 5.74) is 1.55. The normalized spacial score (nSPS) is 12.1. The van der Waals surface area contributed by atoms with Crippen LogP contribution >= 0.6 is 0 Å². The Morgan fingerprint density at radius 3 is 2.79 bits per heavy atom. The van der Waals surface area contributed by atoms with Gasteiger partial charge < -0.3 is 15.4 Å². The van der Waals surface area contributed by atoms with Crippen molar-refractivity contribution < 1.29 is 14.7 Å². The molecular weight excluding hydrogens is 250 g/mol. The Bertz CT molecular complexity index is 575. The highest BCUT2D eigenvalue weighted by Crippen LogP contribution is 2.05. The van der Waals surface area contributed by atoms with E-state index in [0.717, 1.165) is 0 Å². The summed E-state index contributed by atoms with van der Waals surface area (Å²) in [6.07, 6.45) is 4.47. The fourth-order valence-electron chi connectivity index (χ4n) is 1.63. The van der Waals surface area contributed by atoms with Gasteiger partial charge in [0, 0.05) is 24.0 Å². The molecule has 1 amide bonds. The van der Waals surface area contributed by atoms with Crippen LogP contribution in [0.1, 0.15) is 21.7 Å². The summed E-state index contributed by atoms with van der Waals surface area (Å²) in [5, 5.41) is 17.9. The largest absolute Gasteiger partial charge is 0.480 e. The molecule has 0 saturated heterocycles. The molecule has 0 aliphatic heterocycles. The summed E-state index contributed by atoms with van der Waals surface area (Å²) in [5.74, 6) is -1.58. The fourth-order valence-corrected chi connectivity index (χ4v) is 1.63. The van der Waals surface area contributed by atoms with E-state index in [1.807, 2.05) is 0 Å². The number of amides is 1. The lowest BCUT2D eigenvalue weighted by Gasteiger charge is -2.13. The molecule has 4 N–H and O–H groups in total. The first-order chi connectivity index (χ1) is 9.08.